The number of likely N-dealkylation sites (tertiary alicyclic amines) is 1. The van der Waals surface area contributed by atoms with Crippen LogP contribution in [0.3, 0.4) is 0 Å². The number of rotatable bonds is 3. The lowest BCUT2D eigenvalue weighted by molar-refractivity contribution is -0.0172. The van der Waals surface area contributed by atoms with E-state index in [2.05, 4.69) is 25.7 Å². The van der Waals surface area contributed by atoms with Gasteiger partial charge in [-0.25, -0.2) is 0 Å². The van der Waals surface area contributed by atoms with E-state index in [0.717, 1.165) is 47.7 Å². The fraction of sp³-hybridized carbons (Fsp3) is 1.00. The topological polar surface area (TPSA) is 3.24 Å². The molecule has 0 aromatic rings. The molecule has 0 aromatic heterocycles. The molecule has 3 aliphatic carbocycles. The molecule has 0 amide bonds. The largest absolute Gasteiger partial charge is 0.294 e. The van der Waals surface area contributed by atoms with Crippen molar-refractivity contribution in [2.45, 2.75) is 180 Å². The lowest BCUT2D eigenvalue weighted by atomic mass is 9.67. The van der Waals surface area contributed by atoms with Crippen molar-refractivity contribution in [3.05, 3.63) is 0 Å². The lowest BCUT2D eigenvalue weighted by Gasteiger charge is -2.51. The van der Waals surface area contributed by atoms with Crippen LogP contribution in [0.4, 0.5) is 0 Å². The first-order valence-electron chi connectivity index (χ1n) is 16.5. The molecular formula is C33H61N. The smallest absolute Gasteiger partial charge is 0.0106 e. The zero-order valence-electron chi connectivity index (χ0n) is 23.6. The van der Waals surface area contributed by atoms with E-state index < -0.39 is 0 Å². The molecule has 1 aliphatic heterocycles. The quantitative estimate of drug-likeness (QED) is 0.395. The van der Waals surface area contributed by atoms with Crippen LogP contribution in [0.15, 0.2) is 0 Å². The summed E-state index contributed by atoms with van der Waals surface area (Å²) in [6.45, 7) is 7.68. The second-order valence-electron chi connectivity index (χ2n) is 13.6. The van der Waals surface area contributed by atoms with Crippen molar-refractivity contribution in [3.8, 4) is 0 Å². The highest BCUT2D eigenvalue weighted by atomic mass is 15.2. The second kappa shape index (κ2) is 14.0. The van der Waals surface area contributed by atoms with Gasteiger partial charge in [-0.3, -0.25) is 4.90 Å². The highest BCUT2D eigenvalue weighted by molar-refractivity contribution is 4.95. The van der Waals surface area contributed by atoms with Crippen molar-refractivity contribution in [1.29, 1.82) is 0 Å². The van der Waals surface area contributed by atoms with Crippen LogP contribution in [-0.4, -0.2) is 23.0 Å². The van der Waals surface area contributed by atoms with E-state index in [4.69, 9.17) is 0 Å². The summed E-state index contributed by atoms with van der Waals surface area (Å²) >= 11 is 0. The normalized spacial score (nSPS) is 40.5. The van der Waals surface area contributed by atoms with Crippen LogP contribution < -0.4 is 0 Å². The molecule has 3 saturated carbocycles. The van der Waals surface area contributed by atoms with Gasteiger partial charge in [0.1, 0.15) is 0 Å². The molecule has 4 aliphatic rings. The Morgan fingerprint density at radius 3 is 1.74 bits per heavy atom. The molecule has 0 radical (unpaired) electrons. The summed E-state index contributed by atoms with van der Waals surface area (Å²) in [5, 5.41) is 0. The Morgan fingerprint density at radius 1 is 0.500 bits per heavy atom. The van der Waals surface area contributed by atoms with E-state index in [0.29, 0.717) is 0 Å². The molecule has 1 heteroatoms. The van der Waals surface area contributed by atoms with Crippen molar-refractivity contribution in [3.63, 3.8) is 0 Å². The maximum absolute atomic E-state index is 3.32. The van der Waals surface area contributed by atoms with E-state index in [-0.39, 0.29) is 0 Å². The monoisotopic (exact) mass is 471 g/mol. The van der Waals surface area contributed by atoms with Gasteiger partial charge in [0, 0.05) is 18.1 Å². The van der Waals surface area contributed by atoms with Crippen LogP contribution in [-0.2, 0) is 0 Å². The molecule has 4 fully saturated rings. The first-order valence-corrected chi connectivity index (χ1v) is 16.5. The Kier molecular flexibility index (Phi) is 11.2. The highest BCUT2D eigenvalue weighted by Crippen LogP contribution is 2.46. The van der Waals surface area contributed by atoms with Gasteiger partial charge in [-0.2, -0.15) is 0 Å². The molecule has 198 valence electrons. The molecule has 7 atom stereocenters. The highest BCUT2D eigenvalue weighted by Gasteiger charge is 2.42. The van der Waals surface area contributed by atoms with Crippen molar-refractivity contribution in [1.82, 2.24) is 4.90 Å². The fourth-order valence-corrected chi connectivity index (χ4v) is 9.40. The van der Waals surface area contributed by atoms with Crippen LogP contribution >= 0.6 is 0 Å². The average molecular weight is 472 g/mol. The molecule has 0 N–H and O–H groups in total. The minimum atomic E-state index is 0.882. The summed E-state index contributed by atoms with van der Waals surface area (Å²) in [6, 6.07) is 2.67. The molecule has 0 spiro atoms. The van der Waals surface area contributed by atoms with Gasteiger partial charge in [0.15, 0.2) is 0 Å². The molecule has 4 rings (SSSR count). The van der Waals surface area contributed by atoms with Crippen molar-refractivity contribution < 1.29 is 0 Å². The zero-order chi connectivity index (χ0) is 23.8. The van der Waals surface area contributed by atoms with Crippen molar-refractivity contribution in [2.75, 3.05) is 0 Å². The molecule has 34 heavy (non-hydrogen) atoms. The van der Waals surface area contributed by atoms with Crippen LogP contribution in [0.25, 0.3) is 0 Å². The average Bonchev–Trinajstić information content (AvgIpc) is 2.88. The first kappa shape index (κ1) is 27.0. The van der Waals surface area contributed by atoms with Crippen molar-refractivity contribution >= 4 is 0 Å². The first-order chi connectivity index (χ1) is 16.7. The lowest BCUT2D eigenvalue weighted by Crippen LogP contribution is -2.54. The Balaban J connectivity index is 1.70. The maximum Gasteiger partial charge on any atom is 0.0106 e. The summed E-state index contributed by atoms with van der Waals surface area (Å²) < 4.78 is 0. The molecule has 0 aromatic carbocycles. The molecule has 7 unspecified atom stereocenters. The van der Waals surface area contributed by atoms with E-state index in [1.54, 1.807) is 19.3 Å². The fourth-order valence-electron chi connectivity index (χ4n) is 9.40. The van der Waals surface area contributed by atoms with Gasteiger partial charge < -0.3 is 0 Å². The molecular weight excluding hydrogens is 410 g/mol. The van der Waals surface area contributed by atoms with Crippen LogP contribution in [0.5, 0.6) is 0 Å². The number of hydrogen-bond donors (Lipinski definition) is 0. The second-order valence-corrected chi connectivity index (χ2v) is 13.6. The SMILES string of the molecule is CCC1CCC(C)CC2CC(C1)N(C1CCCCCCC1)C1CCCCCCCC(C1)C2CC. The zero-order valence-corrected chi connectivity index (χ0v) is 23.6. The van der Waals surface area contributed by atoms with Gasteiger partial charge in [-0.05, 0) is 74.5 Å². The van der Waals surface area contributed by atoms with Gasteiger partial charge in [0.25, 0.3) is 0 Å². The van der Waals surface area contributed by atoms with E-state index in [1.807, 2.05) is 0 Å². The van der Waals surface area contributed by atoms with Gasteiger partial charge in [-0.15, -0.1) is 0 Å². The number of hydrogen-bond acceptors (Lipinski definition) is 1. The van der Waals surface area contributed by atoms with Crippen molar-refractivity contribution in [2.24, 2.45) is 29.6 Å². The standard InChI is InChI=1S/C33H61N/c1-4-27-21-20-26(3)22-29-25-32(23-27)34(30-17-13-9-7-10-14-18-30)31-19-15-11-6-8-12-16-28(24-31)33(29)5-2/h26-33H,4-25H2,1-3H3. The van der Waals surface area contributed by atoms with Gasteiger partial charge in [0.05, 0.1) is 0 Å². The summed E-state index contributed by atoms with van der Waals surface area (Å²) in [4.78, 5) is 3.32. The minimum absolute atomic E-state index is 0.882. The number of fused-ring (bicyclic) bond motifs is 4. The van der Waals surface area contributed by atoms with Gasteiger partial charge in [-0.1, -0.05) is 117 Å². The molecule has 1 saturated heterocycles. The van der Waals surface area contributed by atoms with Crippen LogP contribution in [0, 0.1) is 29.6 Å². The van der Waals surface area contributed by atoms with Gasteiger partial charge in [0.2, 0.25) is 0 Å². The Morgan fingerprint density at radius 2 is 1.09 bits per heavy atom. The summed E-state index contributed by atoms with van der Waals surface area (Å²) in [7, 11) is 0. The van der Waals surface area contributed by atoms with E-state index >= 15 is 0 Å². The Bertz CT molecular complexity index is 549. The third-order valence-electron chi connectivity index (χ3n) is 11.2. The third kappa shape index (κ3) is 7.26. The van der Waals surface area contributed by atoms with E-state index in [9.17, 15) is 0 Å². The van der Waals surface area contributed by atoms with Gasteiger partial charge >= 0.3 is 0 Å². The van der Waals surface area contributed by atoms with E-state index in [1.165, 1.54) is 122 Å². The molecule has 4 bridgehead atoms. The predicted octanol–water partition coefficient (Wildman–Crippen LogP) is 10.2. The summed E-state index contributed by atoms with van der Waals surface area (Å²) in [6.07, 6.45) is 33.1. The Hall–Kier alpha value is -0.0400. The molecule has 1 heterocycles. The van der Waals surface area contributed by atoms with Crippen LogP contribution in [0.1, 0.15) is 162 Å². The maximum atomic E-state index is 3.32. The third-order valence-corrected chi connectivity index (χ3v) is 11.2. The van der Waals surface area contributed by atoms with Crippen LogP contribution in [0.2, 0.25) is 0 Å². The summed E-state index contributed by atoms with van der Waals surface area (Å²) in [5.74, 6) is 4.91. The molecule has 1 nitrogen and oxygen atoms in total. The minimum Gasteiger partial charge on any atom is -0.294 e. The Labute approximate surface area is 214 Å². The summed E-state index contributed by atoms with van der Waals surface area (Å²) in [5.41, 5.74) is 0. The number of nitrogens with zero attached hydrogens (tertiary/aromatic N) is 1. The predicted molar refractivity (Wildman–Crippen MR) is 149 cm³/mol.